The van der Waals surface area contributed by atoms with Crippen LogP contribution in [0.25, 0.3) is 0 Å². The number of alkyl halides is 2. The Hall–Kier alpha value is -1.19. The fraction of sp³-hybridized carbons (Fsp3) is 0.545. The highest BCUT2D eigenvalue weighted by molar-refractivity contribution is 5.95. The van der Waals surface area contributed by atoms with E-state index < -0.39 is 5.92 Å². The van der Waals surface area contributed by atoms with Gasteiger partial charge in [0.05, 0.1) is 6.26 Å². The van der Waals surface area contributed by atoms with Crippen molar-refractivity contribution >= 4 is 5.78 Å². The maximum Gasteiger partial charge on any atom is 0.248 e. The SMILES string of the molecule is O=C(c1ccco1)C1CCC(F)(F)CC1. The van der Waals surface area contributed by atoms with E-state index in [1.54, 1.807) is 12.1 Å². The quantitative estimate of drug-likeness (QED) is 0.707. The Labute approximate surface area is 86.3 Å². The molecule has 0 saturated heterocycles. The van der Waals surface area contributed by atoms with E-state index in [-0.39, 0.29) is 43.1 Å². The number of rotatable bonds is 2. The minimum atomic E-state index is -2.58. The second-order valence-electron chi connectivity index (χ2n) is 3.97. The molecule has 2 nitrogen and oxygen atoms in total. The van der Waals surface area contributed by atoms with Gasteiger partial charge in [0.25, 0.3) is 0 Å². The van der Waals surface area contributed by atoms with Crippen molar-refractivity contribution in [2.45, 2.75) is 31.6 Å². The van der Waals surface area contributed by atoms with Crippen molar-refractivity contribution in [2.24, 2.45) is 5.92 Å². The van der Waals surface area contributed by atoms with Crippen LogP contribution in [-0.4, -0.2) is 11.7 Å². The number of halogens is 2. The standard InChI is InChI=1S/C11H12F2O2/c12-11(13)5-3-8(4-6-11)10(14)9-2-1-7-15-9/h1-2,7-8H,3-6H2. The summed E-state index contributed by atoms with van der Waals surface area (Å²) in [6, 6.07) is 3.21. The van der Waals surface area contributed by atoms with Gasteiger partial charge in [-0.05, 0) is 25.0 Å². The van der Waals surface area contributed by atoms with Gasteiger partial charge in [0.1, 0.15) is 0 Å². The lowest BCUT2D eigenvalue weighted by Crippen LogP contribution is -2.28. The molecular weight excluding hydrogens is 202 g/mol. The molecule has 1 aliphatic rings. The first-order chi connectivity index (χ1) is 7.08. The number of furan rings is 1. The van der Waals surface area contributed by atoms with Crippen molar-refractivity contribution < 1.29 is 18.0 Å². The number of carbonyl (C=O) groups excluding carboxylic acids is 1. The maximum atomic E-state index is 12.8. The van der Waals surface area contributed by atoms with E-state index in [1.807, 2.05) is 0 Å². The Morgan fingerprint density at radius 3 is 2.60 bits per heavy atom. The molecule has 0 aromatic carbocycles. The smallest absolute Gasteiger partial charge is 0.248 e. The Kier molecular flexibility index (Phi) is 2.59. The molecule has 1 aromatic rings. The van der Waals surface area contributed by atoms with Crippen LogP contribution in [-0.2, 0) is 0 Å². The van der Waals surface area contributed by atoms with Crippen LogP contribution in [0.1, 0.15) is 36.2 Å². The molecule has 1 saturated carbocycles. The molecule has 0 amide bonds. The first-order valence-corrected chi connectivity index (χ1v) is 5.04. The summed E-state index contributed by atoms with van der Waals surface area (Å²) in [5, 5.41) is 0. The maximum absolute atomic E-state index is 12.8. The molecule has 0 radical (unpaired) electrons. The summed E-state index contributed by atoms with van der Waals surface area (Å²) in [5.74, 6) is -2.74. The molecule has 1 fully saturated rings. The molecule has 2 rings (SSSR count). The van der Waals surface area contributed by atoms with E-state index in [9.17, 15) is 13.6 Å². The average Bonchev–Trinajstić information content (AvgIpc) is 2.69. The van der Waals surface area contributed by atoms with Gasteiger partial charge in [0.2, 0.25) is 11.7 Å². The molecule has 0 bridgehead atoms. The van der Waals surface area contributed by atoms with Crippen LogP contribution in [0.5, 0.6) is 0 Å². The van der Waals surface area contributed by atoms with Crippen LogP contribution in [0.3, 0.4) is 0 Å². The van der Waals surface area contributed by atoms with Crippen LogP contribution >= 0.6 is 0 Å². The molecule has 1 aromatic heterocycles. The number of ketones is 1. The lowest BCUT2D eigenvalue weighted by atomic mass is 9.83. The third-order valence-corrected chi connectivity index (χ3v) is 2.85. The molecule has 15 heavy (non-hydrogen) atoms. The highest BCUT2D eigenvalue weighted by Gasteiger charge is 2.38. The van der Waals surface area contributed by atoms with E-state index in [2.05, 4.69) is 0 Å². The molecule has 0 aliphatic heterocycles. The fourth-order valence-electron chi connectivity index (χ4n) is 1.92. The molecule has 1 aliphatic carbocycles. The van der Waals surface area contributed by atoms with Crippen molar-refractivity contribution in [1.29, 1.82) is 0 Å². The van der Waals surface area contributed by atoms with Crippen molar-refractivity contribution in [3.05, 3.63) is 24.2 Å². The predicted molar refractivity (Wildman–Crippen MR) is 49.9 cm³/mol. The number of Topliss-reactive ketones (excluding diaryl/α,β-unsaturated/α-hetero) is 1. The van der Waals surface area contributed by atoms with E-state index in [0.29, 0.717) is 0 Å². The highest BCUT2D eigenvalue weighted by atomic mass is 19.3. The van der Waals surface area contributed by atoms with E-state index in [1.165, 1.54) is 6.26 Å². The molecular formula is C11H12F2O2. The molecule has 0 N–H and O–H groups in total. The van der Waals surface area contributed by atoms with Gasteiger partial charge in [-0.15, -0.1) is 0 Å². The van der Waals surface area contributed by atoms with Crippen LogP contribution < -0.4 is 0 Å². The Bertz CT molecular complexity index is 333. The number of hydrogen-bond donors (Lipinski definition) is 0. The van der Waals surface area contributed by atoms with E-state index >= 15 is 0 Å². The van der Waals surface area contributed by atoms with Gasteiger partial charge in [-0.1, -0.05) is 0 Å². The molecule has 0 spiro atoms. The largest absolute Gasteiger partial charge is 0.461 e. The van der Waals surface area contributed by atoms with Crippen molar-refractivity contribution in [1.82, 2.24) is 0 Å². The van der Waals surface area contributed by atoms with Gasteiger partial charge >= 0.3 is 0 Å². The summed E-state index contributed by atoms with van der Waals surface area (Å²) < 4.78 is 30.7. The van der Waals surface area contributed by atoms with Crippen molar-refractivity contribution in [2.75, 3.05) is 0 Å². The lowest BCUT2D eigenvalue weighted by molar-refractivity contribution is -0.0426. The summed E-state index contributed by atoms with van der Waals surface area (Å²) in [7, 11) is 0. The van der Waals surface area contributed by atoms with Gasteiger partial charge < -0.3 is 4.42 Å². The van der Waals surface area contributed by atoms with E-state index in [4.69, 9.17) is 4.42 Å². The molecule has 0 unspecified atom stereocenters. The summed E-state index contributed by atoms with van der Waals surface area (Å²) in [4.78, 5) is 11.7. The van der Waals surface area contributed by atoms with Gasteiger partial charge in [0.15, 0.2) is 5.76 Å². The second-order valence-corrected chi connectivity index (χ2v) is 3.97. The number of carbonyl (C=O) groups is 1. The monoisotopic (exact) mass is 214 g/mol. The summed E-state index contributed by atoms with van der Waals surface area (Å²) in [6.45, 7) is 0. The summed E-state index contributed by atoms with van der Waals surface area (Å²) >= 11 is 0. The summed E-state index contributed by atoms with van der Waals surface area (Å²) in [6.07, 6.45) is 1.55. The predicted octanol–water partition coefficient (Wildman–Crippen LogP) is 3.29. The minimum absolute atomic E-state index is 0.143. The fourth-order valence-corrected chi connectivity index (χ4v) is 1.92. The Balaban J connectivity index is 2.00. The molecule has 4 heteroatoms. The second kappa shape index (κ2) is 3.76. The zero-order valence-corrected chi connectivity index (χ0v) is 8.21. The first kappa shape index (κ1) is 10.3. The Morgan fingerprint density at radius 2 is 2.07 bits per heavy atom. The Morgan fingerprint density at radius 1 is 1.40 bits per heavy atom. The van der Waals surface area contributed by atoms with Crippen molar-refractivity contribution in [3.63, 3.8) is 0 Å². The normalized spacial score (nSPS) is 21.5. The summed E-state index contributed by atoms with van der Waals surface area (Å²) in [5.41, 5.74) is 0. The minimum Gasteiger partial charge on any atom is -0.461 e. The van der Waals surface area contributed by atoms with Gasteiger partial charge in [-0.3, -0.25) is 4.79 Å². The average molecular weight is 214 g/mol. The lowest BCUT2D eigenvalue weighted by Gasteiger charge is -2.26. The van der Waals surface area contributed by atoms with Crippen LogP contribution in [0.4, 0.5) is 8.78 Å². The van der Waals surface area contributed by atoms with Crippen molar-refractivity contribution in [3.8, 4) is 0 Å². The topological polar surface area (TPSA) is 30.2 Å². The molecule has 0 atom stereocenters. The molecule has 82 valence electrons. The third kappa shape index (κ3) is 2.25. The first-order valence-electron chi connectivity index (χ1n) is 5.04. The van der Waals surface area contributed by atoms with Gasteiger partial charge in [0, 0.05) is 18.8 Å². The van der Waals surface area contributed by atoms with Crippen LogP contribution in [0, 0.1) is 5.92 Å². The highest BCUT2D eigenvalue weighted by Crippen LogP contribution is 2.37. The zero-order chi connectivity index (χ0) is 10.9. The third-order valence-electron chi connectivity index (χ3n) is 2.85. The van der Waals surface area contributed by atoms with Crippen LogP contribution in [0.2, 0.25) is 0 Å². The zero-order valence-electron chi connectivity index (χ0n) is 8.21. The molecule has 1 heterocycles. The number of hydrogen-bond acceptors (Lipinski definition) is 2. The van der Waals surface area contributed by atoms with Gasteiger partial charge in [-0.2, -0.15) is 0 Å². The van der Waals surface area contributed by atoms with E-state index in [0.717, 1.165) is 0 Å². The van der Waals surface area contributed by atoms with Crippen LogP contribution in [0.15, 0.2) is 22.8 Å². The van der Waals surface area contributed by atoms with Gasteiger partial charge in [-0.25, -0.2) is 8.78 Å².